The Bertz CT molecular complexity index is 949. The Morgan fingerprint density at radius 3 is 2.57 bits per heavy atom. The van der Waals surface area contributed by atoms with Crippen LogP contribution in [0.1, 0.15) is 10.4 Å². The first-order valence-electron chi connectivity index (χ1n) is 6.81. The number of hydrogen-bond donors (Lipinski definition) is 2. The van der Waals surface area contributed by atoms with Crippen LogP contribution in [0.25, 0.3) is 10.9 Å². The van der Waals surface area contributed by atoms with Gasteiger partial charge in [0.15, 0.2) is 0 Å². The minimum atomic E-state index is -1.13. The van der Waals surface area contributed by atoms with Gasteiger partial charge in [-0.3, -0.25) is 4.79 Å². The van der Waals surface area contributed by atoms with Gasteiger partial charge in [-0.2, -0.15) is 0 Å². The van der Waals surface area contributed by atoms with Crippen molar-refractivity contribution in [2.75, 3.05) is 7.11 Å². The summed E-state index contributed by atoms with van der Waals surface area (Å²) in [7, 11) is 1.53. The number of carbonyl (C=O) groups is 1. The largest absolute Gasteiger partial charge is 0.496 e. The first kappa shape index (κ1) is 15.2. The molecule has 0 fully saturated rings. The van der Waals surface area contributed by atoms with E-state index in [1.807, 2.05) is 6.07 Å². The van der Waals surface area contributed by atoms with Crippen LogP contribution >= 0.6 is 11.8 Å². The van der Waals surface area contributed by atoms with Crippen molar-refractivity contribution in [1.29, 1.82) is 0 Å². The minimum Gasteiger partial charge on any atom is -0.496 e. The highest BCUT2D eigenvalue weighted by Crippen LogP contribution is 2.36. The Morgan fingerprint density at radius 1 is 1.13 bits per heavy atom. The molecule has 0 unspecified atom stereocenters. The molecule has 3 aromatic rings. The van der Waals surface area contributed by atoms with Crippen molar-refractivity contribution in [1.82, 2.24) is 4.98 Å². The molecule has 1 heterocycles. The highest BCUT2D eigenvalue weighted by molar-refractivity contribution is 7.99. The lowest BCUT2D eigenvalue weighted by molar-refractivity contribution is 0.0695. The number of rotatable bonds is 4. The summed E-state index contributed by atoms with van der Waals surface area (Å²) in [6.45, 7) is 0. The third-order valence-electron chi connectivity index (χ3n) is 3.37. The van der Waals surface area contributed by atoms with Crippen LogP contribution in [0.15, 0.2) is 63.1 Å². The summed E-state index contributed by atoms with van der Waals surface area (Å²) in [4.78, 5) is 27.7. The number of nitrogens with one attached hydrogen (secondary N) is 1. The summed E-state index contributed by atoms with van der Waals surface area (Å²) in [5, 5.41) is 10.1. The van der Waals surface area contributed by atoms with Crippen molar-refractivity contribution >= 4 is 28.6 Å². The Hall–Kier alpha value is -2.73. The maximum Gasteiger partial charge on any atom is 0.337 e. The van der Waals surface area contributed by atoms with E-state index in [0.29, 0.717) is 21.5 Å². The number of carboxylic acid groups (broad SMARTS) is 1. The number of aromatic amines is 1. The number of fused-ring (bicyclic) bond motifs is 1. The number of pyridine rings is 1. The molecule has 0 amide bonds. The average molecular weight is 327 g/mol. The molecule has 0 radical (unpaired) electrons. The van der Waals surface area contributed by atoms with Crippen LogP contribution in [0.2, 0.25) is 0 Å². The predicted octanol–water partition coefficient (Wildman–Crippen LogP) is 3.39. The molecule has 0 aliphatic rings. The van der Waals surface area contributed by atoms with Gasteiger partial charge in [-0.15, -0.1) is 0 Å². The smallest absolute Gasteiger partial charge is 0.337 e. The molecule has 0 bridgehead atoms. The fraction of sp³-hybridized carbons (Fsp3) is 0.0588. The van der Waals surface area contributed by atoms with Crippen LogP contribution in [0.4, 0.5) is 0 Å². The van der Waals surface area contributed by atoms with Crippen molar-refractivity contribution in [2.24, 2.45) is 0 Å². The lowest BCUT2D eigenvalue weighted by Gasteiger charge is -2.11. The first-order chi connectivity index (χ1) is 11.1. The maximum absolute atomic E-state index is 12.4. The normalized spacial score (nSPS) is 10.7. The van der Waals surface area contributed by atoms with Gasteiger partial charge in [-0.25, -0.2) is 4.79 Å². The number of aromatic nitrogens is 1. The van der Waals surface area contributed by atoms with Gasteiger partial charge in [0.2, 0.25) is 0 Å². The van der Waals surface area contributed by atoms with Crippen molar-refractivity contribution in [2.45, 2.75) is 9.79 Å². The molecule has 2 N–H and O–H groups in total. The van der Waals surface area contributed by atoms with Gasteiger partial charge in [0.1, 0.15) is 5.75 Å². The van der Waals surface area contributed by atoms with Crippen LogP contribution in [0.5, 0.6) is 5.75 Å². The number of benzene rings is 2. The average Bonchev–Trinajstić information content (AvgIpc) is 2.55. The molecule has 0 atom stereocenters. The molecule has 1 aromatic heterocycles. The van der Waals surface area contributed by atoms with E-state index in [4.69, 9.17) is 4.74 Å². The molecule has 2 aromatic carbocycles. The third kappa shape index (κ3) is 2.80. The van der Waals surface area contributed by atoms with Crippen molar-refractivity contribution in [3.63, 3.8) is 0 Å². The Morgan fingerprint density at radius 2 is 1.83 bits per heavy atom. The van der Waals surface area contributed by atoms with Crippen LogP contribution in [0, 0.1) is 0 Å². The molecule has 23 heavy (non-hydrogen) atoms. The second-order valence-electron chi connectivity index (χ2n) is 4.76. The quantitative estimate of drug-likeness (QED) is 0.768. The van der Waals surface area contributed by atoms with Gasteiger partial charge in [0.25, 0.3) is 5.56 Å². The van der Waals surface area contributed by atoms with E-state index in [2.05, 4.69) is 4.98 Å². The number of H-pyrrole nitrogens is 1. The molecule has 116 valence electrons. The van der Waals surface area contributed by atoms with E-state index < -0.39 is 11.5 Å². The number of hydrogen-bond acceptors (Lipinski definition) is 4. The van der Waals surface area contributed by atoms with Gasteiger partial charge in [0.05, 0.1) is 22.5 Å². The fourth-order valence-electron chi connectivity index (χ4n) is 2.35. The topological polar surface area (TPSA) is 79.4 Å². The molecule has 0 aliphatic carbocycles. The van der Waals surface area contributed by atoms with Gasteiger partial charge >= 0.3 is 5.97 Å². The standard InChI is InChI=1S/C17H13NO4S/c1-22-12-8-4-5-9-13(12)23-15-14(17(20)21)10-6-2-3-7-11(10)18-16(15)19/h2-9H,1H3,(H,18,19)(H,20,21). The van der Waals surface area contributed by atoms with Gasteiger partial charge in [-0.1, -0.05) is 42.1 Å². The molecular weight excluding hydrogens is 314 g/mol. The summed E-state index contributed by atoms with van der Waals surface area (Å²) < 4.78 is 5.26. The summed E-state index contributed by atoms with van der Waals surface area (Å²) >= 11 is 1.09. The van der Waals surface area contributed by atoms with Gasteiger partial charge in [-0.05, 0) is 18.2 Å². The number of methoxy groups -OCH3 is 1. The predicted molar refractivity (Wildman–Crippen MR) is 88.6 cm³/mol. The minimum absolute atomic E-state index is 0.000237. The molecule has 0 saturated heterocycles. The monoisotopic (exact) mass is 327 g/mol. The fourth-order valence-corrected chi connectivity index (χ4v) is 3.41. The molecule has 0 spiro atoms. The lowest BCUT2D eigenvalue weighted by Crippen LogP contribution is -2.15. The summed E-state index contributed by atoms with van der Waals surface area (Å²) in [6, 6.07) is 14.0. The molecule has 6 heteroatoms. The summed E-state index contributed by atoms with van der Waals surface area (Å²) in [6.07, 6.45) is 0. The number of aromatic carboxylic acids is 1. The van der Waals surface area contributed by atoms with Crippen molar-refractivity contribution < 1.29 is 14.6 Å². The zero-order chi connectivity index (χ0) is 16.4. The molecular formula is C17H13NO4S. The number of para-hydroxylation sites is 2. The Balaban J connectivity index is 2.25. The van der Waals surface area contributed by atoms with Crippen LogP contribution in [-0.2, 0) is 0 Å². The lowest BCUT2D eigenvalue weighted by atomic mass is 10.1. The second kappa shape index (κ2) is 6.18. The van der Waals surface area contributed by atoms with E-state index in [1.165, 1.54) is 7.11 Å². The highest BCUT2D eigenvalue weighted by atomic mass is 32.2. The van der Waals surface area contributed by atoms with Gasteiger partial charge < -0.3 is 14.8 Å². The van der Waals surface area contributed by atoms with Crippen LogP contribution < -0.4 is 10.3 Å². The summed E-state index contributed by atoms with van der Waals surface area (Å²) in [5.41, 5.74) is 0.0662. The van der Waals surface area contributed by atoms with E-state index in [1.54, 1.807) is 42.5 Å². The second-order valence-corrected chi connectivity index (χ2v) is 5.81. The van der Waals surface area contributed by atoms with E-state index in [0.717, 1.165) is 11.8 Å². The van der Waals surface area contributed by atoms with E-state index >= 15 is 0 Å². The van der Waals surface area contributed by atoms with E-state index in [9.17, 15) is 14.7 Å². The third-order valence-corrected chi connectivity index (χ3v) is 4.52. The van der Waals surface area contributed by atoms with E-state index in [-0.39, 0.29) is 10.5 Å². The van der Waals surface area contributed by atoms with Gasteiger partial charge in [0, 0.05) is 10.9 Å². The maximum atomic E-state index is 12.4. The molecule has 3 rings (SSSR count). The highest BCUT2D eigenvalue weighted by Gasteiger charge is 2.20. The van der Waals surface area contributed by atoms with Crippen molar-refractivity contribution in [3.05, 3.63) is 64.4 Å². The van der Waals surface area contributed by atoms with Crippen LogP contribution in [-0.4, -0.2) is 23.2 Å². The summed E-state index contributed by atoms with van der Waals surface area (Å²) in [5.74, 6) is -0.550. The molecule has 5 nitrogen and oxygen atoms in total. The zero-order valence-corrected chi connectivity index (χ0v) is 13.0. The molecule has 0 saturated carbocycles. The molecule has 0 aliphatic heterocycles. The zero-order valence-electron chi connectivity index (χ0n) is 12.2. The number of carboxylic acids is 1. The Kier molecular flexibility index (Phi) is 4.08. The Labute approximate surface area is 135 Å². The van der Waals surface area contributed by atoms with Crippen LogP contribution in [0.3, 0.4) is 0 Å². The SMILES string of the molecule is COc1ccccc1Sc1c(C(=O)O)c2ccccc2[nH]c1=O. The number of ether oxygens (including phenoxy) is 1. The first-order valence-corrected chi connectivity index (χ1v) is 7.62. The van der Waals surface area contributed by atoms with Crippen molar-refractivity contribution in [3.8, 4) is 5.75 Å².